The molecule has 0 saturated carbocycles. The van der Waals surface area contributed by atoms with E-state index in [-0.39, 0.29) is 11.3 Å². The molecule has 0 aromatic heterocycles. The molecule has 0 heterocycles. The highest BCUT2D eigenvalue weighted by Crippen LogP contribution is 2.25. The van der Waals surface area contributed by atoms with Gasteiger partial charge in [-0.15, -0.1) is 0 Å². The van der Waals surface area contributed by atoms with Crippen molar-refractivity contribution in [1.82, 2.24) is 5.48 Å². The highest BCUT2D eigenvalue weighted by Gasteiger charge is 2.18. The van der Waals surface area contributed by atoms with Gasteiger partial charge in [0.05, 0.1) is 6.61 Å². The third-order valence-corrected chi connectivity index (χ3v) is 2.18. The Morgan fingerprint density at radius 2 is 2.07 bits per heavy atom. The Balaban J connectivity index is 3.64. The Labute approximate surface area is 86.1 Å². The Bertz CT molecular complexity index is 170. The van der Waals surface area contributed by atoms with Crippen LogP contribution in [0.4, 0.5) is 0 Å². The van der Waals surface area contributed by atoms with E-state index in [9.17, 15) is 4.79 Å². The van der Waals surface area contributed by atoms with Gasteiger partial charge >= 0.3 is 0 Å². The fourth-order valence-electron chi connectivity index (χ4n) is 1.17. The number of hydrogen-bond donors (Lipinski definition) is 2. The monoisotopic (exact) mass is 202 g/mol. The van der Waals surface area contributed by atoms with Crippen molar-refractivity contribution in [3.63, 3.8) is 0 Å². The van der Waals surface area contributed by atoms with Crippen LogP contribution in [0.1, 0.15) is 40.0 Å². The summed E-state index contributed by atoms with van der Waals surface area (Å²) in [7, 11) is 0. The molecular formula is C10H22N2O2. The van der Waals surface area contributed by atoms with Crippen LogP contribution in [0, 0.1) is 5.41 Å². The van der Waals surface area contributed by atoms with Crippen LogP contribution in [0.25, 0.3) is 0 Å². The van der Waals surface area contributed by atoms with Crippen molar-refractivity contribution in [3.05, 3.63) is 0 Å². The second-order valence-electron chi connectivity index (χ2n) is 4.16. The second-order valence-corrected chi connectivity index (χ2v) is 4.16. The summed E-state index contributed by atoms with van der Waals surface area (Å²) in [6, 6.07) is 0. The number of rotatable bonds is 7. The van der Waals surface area contributed by atoms with Crippen LogP contribution in [-0.4, -0.2) is 19.1 Å². The molecule has 0 aliphatic rings. The SMILES string of the molecule is CCONC(=O)CCC(C)(C)CCN. The van der Waals surface area contributed by atoms with Crippen molar-refractivity contribution in [3.8, 4) is 0 Å². The Morgan fingerprint density at radius 3 is 2.57 bits per heavy atom. The van der Waals surface area contributed by atoms with Crippen LogP contribution in [0.15, 0.2) is 0 Å². The molecule has 14 heavy (non-hydrogen) atoms. The van der Waals surface area contributed by atoms with Crippen molar-refractivity contribution >= 4 is 5.91 Å². The maximum atomic E-state index is 11.2. The lowest BCUT2D eigenvalue weighted by Crippen LogP contribution is -2.26. The molecule has 0 saturated heterocycles. The average molecular weight is 202 g/mol. The molecule has 0 bridgehead atoms. The van der Waals surface area contributed by atoms with E-state index in [1.807, 2.05) is 6.92 Å². The molecule has 84 valence electrons. The molecule has 1 amide bonds. The van der Waals surface area contributed by atoms with Crippen molar-refractivity contribution in [2.24, 2.45) is 11.1 Å². The van der Waals surface area contributed by atoms with Crippen molar-refractivity contribution < 1.29 is 9.63 Å². The van der Waals surface area contributed by atoms with Gasteiger partial charge in [-0.3, -0.25) is 9.63 Å². The van der Waals surface area contributed by atoms with Crippen molar-refractivity contribution in [2.45, 2.75) is 40.0 Å². The predicted molar refractivity (Wildman–Crippen MR) is 56.5 cm³/mol. The molecule has 0 aliphatic heterocycles. The second kappa shape index (κ2) is 6.79. The maximum Gasteiger partial charge on any atom is 0.243 e. The Kier molecular flexibility index (Phi) is 6.49. The number of amides is 1. The lowest BCUT2D eigenvalue weighted by atomic mass is 9.84. The molecule has 0 radical (unpaired) electrons. The summed E-state index contributed by atoms with van der Waals surface area (Å²) < 4.78 is 0. The zero-order valence-corrected chi connectivity index (χ0v) is 9.43. The van der Waals surface area contributed by atoms with Gasteiger partial charge < -0.3 is 5.73 Å². The minimum absolute atomic E-state index is 0.0584. The van der Waals surface area contributed by atoms with Gasteiger partial charge in [0, 0.05) is 6.42 Å². The smallest absolute Gasteiger partial charge is 0.243 e. The number of nitrogens with two attached hydrogens (primary N) is 1. The molecule has 0 fully saturated rings. The quantitative estimate of drug-likeness (QED) is 0.610. The van der Waals surface area contributed by atoms with Gasteiger partial charge in [-0.2, -0.15) is 0 Å². The summed E-state index contributed by atoms with van der Waals surface area (Å²) in [5.74, 6) is -0.0584. The molecule has 0 aromatic rings. The Hall–Kier alpha value is -0.610. The van der Waals surface area contributed by atoms with Crippen LogP contribution < -0.4 is 11.2 Å². The first kappa shape index (κ1) is 13.4. The lowest BCUT2D eigenvalue weighted by molar-refractivity contribution is -0.133. The molecule has 0 aliphatic carbocycles. The molecule has 4 nitrogen and oxygen atoms in total. The number of hydrogen-bond acceptors (Lipinski definition) is 3. The van der Waals surface area contributed by atoms with Gasteiger partial charge in [0.1, 0.15) is 0 Å². The van der Waals surface area contributed by atoms with E-state index in [0.717, 1.165) is 12.8 Å². The number of hydroxylamine groups is 1. The summed E-state index contributed by atoms with van der Waals surface area (Å²) in [5, 5.41) is 0. The van der Waals surface area contributed by atoms with Gasteiger partial charge in [0.15, 0.2) is 0 Å². The summed E-state index contributed by atoms with van der Waals surface area (Å²) in [4.78, 5) is 16.0. The average Bonchev–Trinajstić information content (AvgIpc) is 2.11. The van der Waals surface area contributed by atoms with E-state index >= 15 is 0 Å². The molecule has 0 unspecified atom stereocenters. The van der Waals surface area contributed by atoms with E-state index in [4.69, 9.17) is 10.6 Å². The maximum absolute atomic E-state index is 11.2. The largest absolute Gasteiger partial charge is 0.330 e. The fourth-order valence-corrected chi connectivity index (χ4v) is 1.17. The molecular weight excluding hydrogens is 180 g/mol. The fraction of sp³-hybridized carbons (Fsp3) is 0.900. The van der Waals surface area contributed by atoms with E-state index in [1.54, 1.807) is 0 Å². The van der Waals surface area contributed by atoms with E-state index in [1.165, 1.54) is 0 Å². The number of carbonyl (C=O) groups excluding carboxylic acids is 1. The van der Waals surface area contributed by atoms with Crippen molar-refractivity contribution in [1.29, 1.82) is 0 Å². The predicted octanol–water partition coefficient (Wildman–Crippen LogP) is 1.21. The molecule has 0 rings (SSSR count). The topological polar surface area (TPSA) is 64.3 Å². The first-order chi connectivity index (χ1) is 6.52. The van der Waals surface area contributed by atoms with Gasteiger partial charge in [-0.25, -0.2) is 5.48 Å². The molecule has 0 aromatic carbocycles. The van der Waals surface area contributed by atoms with Crippen LogP contribution >= 0.6 is 0 Å². The first-order valence-corrected chi connectivity index (χ1v) is 5.12. The normalized spacial score (nSPS) is 11.4. The first-order valence-electron chi connectivity index (χ1n) is 5.12. The van der Waals surface area contributed by atoms with Gasteiger partial charge in [0.25, 0.3) is 0 Å². The molecule has 4 heteroatoms. The zero-order chi connectivity index (χ0) is 11.0. The summed E-state index contributed by atoms with van der Waals surface area (Å²) in [5.41, 5.74) is 7.99. The number of carbonyl (C=O) groups is 1. The summed E-state index contributed by atoms with van der Waals surface area (Å²) in [6.45, 7) is 7.23. The van der Waals surface area contributed by atoms with Crippen LogP contribution in [0.3, 0.4) is 0 Å². The van der Waals surface area contributed by atoms with E-state index in [0.29, 0.717) is 19.6 Å². The highest BCUT2D eigenvalue weighted by molar-refractivity contribution is 5.74. The Morgan fingerprint density at radius 1 is 1.43 bits per heavy atom. The highest BCUT2D eigenvalue weighted by atomic mass is 16.6. The van der Waals surface area contributed by atoms with Gasteiger partial charge in [-0.05, 0) is 31.7 Å². The third kappa shape index (κ3) is 6.86. The minimum Gasteiger partial charge on any atom is -0.330 e. The molecule has 3 N–H and O–H groups in total. The van der Waals surface area contributed by atoms with Crippen LogP contribution in [-0.2, 0) is 9.63 Å². The summed E-state index contributed by atoms with van der Waals surface area (Å²) >= 11 is 0. The van der Waals surface area contributed by atoms with E-state index < -0.39 is 0 Å². The van der Waals surface area contributed by atoms with Crippen molar-refractivity contribution in [2.75, 3.05) is 13.2 Å². The summed E-state index contributed by atoms with van der Waals surface area (Å²) in [6.07, 6.45) is 2.27. The minimum atomic E-state index is -0.0584. The molecule has 0 spiro atoms. The third-order valence-electron chi connectivity index (χ3n) is 2.18. The standard InChI is InChI=1S/C10H22N2O2/c1-4-14-12-9(13)5-6-10(2,3)7-8-11/h4-8,11H2,1-3H3,(H,12,13). The van der Waals surface area contributed by atoms with Gasteiger partial charge in [0.2, 0.25) is 5.91 Å². The molecule has 0 atom stereocenters. The van der Waals surface area contributed by atoms with Gasteiger partial charge in [-0.1, -0.05) is 13.8 Å². The zero-order valence-electron chi connectivity index (χ0n) is 9.43. The lowest BCUT2D eigenvalue weighted by Gasteiger charge is -2.23. The number of nitrogens with one attached hydrogen (secondary N) is 1. The van der Waals surface area contributed by atoms with Crippen LogP contribution in [0.2, 0.25) is 0 Å². The van der Waals surface area contributed by atoms with E-state index in [2.05, 4.69) is 19.3 Å². The van der Waals surface area contributed by atoms with Crippen LogP contribution in [0.5, 0.6) is 0 Å².